The Kier molecular flexibility index (Phi) is 4.66. The van der Waals surface area contributed by atoms with Crippen LogP contribution in [-0.4, -0.2) is 29.8 Å². The molecule has 112 valence electrons. The van der Waals surface area contributed by atoms with Gasteiger partial charge in [-0.2, -0.15) is 0 Å². The average molecular weight is 301 g/mol. The van der Waals surface area contributed by atoms with Gasteiger partial charge in [-0.15, -0.1) is 0 Å². The van der Waals surface area contributed by atoms with E-state index in [1.54, 1.807) is 0 Å². The van der Waals surface area contributed by atoms with Crippen LogP contribution in [-0.2, 0) is 8.85 Å². The summed E-state index contributed by atoms with van der Waals surface area (Å²) in [4.78, 5) is 0. The fraction of sp³-hybridized carbons (Fsp3) is 1.00. The minimum Gasteiger partial charge on any atom is -0.417 e. The van der Waals surface area contributed by atoms with Crippen molar-refractivity contribution in [1.29, 1.82) is 0 Å². The Morgan fingerprint density at radius 3 is 1.42 bits per heavy atom. The normalized spacial score (nSPS) is 35.1. The summed E-state index contributed by atoms with van der Waals surface area (Å²) in [6.45, 7) is 15.8. The van der Waals surface area contributed by atoms with Gasteiger partial charge in [-0.05, 0) is 82.2 Å². The van der Waals surface area contributed by atoms with Crippen LogP contribution in [0.2, 0.25) is 39.3 Å². The second-order valence-electron chi connectivity index (χ2n) is 8.51. The van der Waals surface area contributed by atoms with Gasteiger partial charge in [0.05, 0.1) is 0 Å². The molecule has 0 aliphatic heterocycles. The second kappa shape index (κ2) is 5.62. The third-order valence-electron chi connectivity index (χ3n) is 4.69. The Labute approximate surface area is 121 Å². The molecular formula is C15H32O2Si2. The molecule has 2 fully saturated rings. The summed E-state index contributed by atoms with van der Waals surface area (Å²) in [5, 5.41) is 0. The Morgan fingerprint density at radius 2 is 1.11 bits per heavy atom. The number of hydrogen-bond acceptors (Lipinski definition) is 2. The lowest BCUT2D eigenvalue weighted by Gasteiger charge is -2.34. The van der Waals surface area contributed by atoms with E-state index in [1.807, 2.05) is 0 Å². The summed E-state index contributed by atoms with van der Waals surface area (Å²) >= 11 is 0. The molecule has 0 aromatic rings. The van der Waals surface area contributed by atoms with Crippen molar-refractivity contribution in [2.24, 2.45) is 23.7 Å². The molecule has 4 heteroatoms. The van der Waals surface area contributed by atoms with Gasteiger partial charge in [-0.3, -0.25) is 0 Å². The second-order valence-corrected chi connectivity index (χ2v) is 17.5. The molecule has 0 heterocycles. The van der Waals surface area contributed by atoms with Crippen LogP contribution in [0.4, 0.5) is 0 Å². The van der Waals surface area contributed by atoms with Gasteiger partial charge in [0.1, 0.15) is 0 Å². The summed E-state index contributed by atoms with van der Waals surface area (Å²) in [6.07, 6.45) is 4.32. The maximum absolute atomic E-state index is 6.22. The summed E-state index contributed by atoms with van der Waals surface area (Å²) in [7, 11) is -2.75. The molecule has 0 spiro atoms. The summed E-state index contributed by atoms with van der Waals surface area (Å²) in [6, 6.07) is 0. The number of hydrogen-bond donors (Lipinski definition) is 0. The molecule has 0 aromatic carbocycles. The third-order valence-corrected chi connectivity index (χ3v) is 6.76. The topological polar surface area (TPSA) is 18.5 Å². The lowest BCUT2D eigenvalue weighted by atomic mass is 9.80. The molecule has 4 unspecified atom stereocenters. The van der Waals surface area contributed by atoms with Crippen LogP contribution in [0.15, 0.2) is 0 Å². The Balaban J connectivity index is 1.91. The molecule has 19 heavy (non-hydrogen) atoms. The van der Waals surface area contributed by atoms with Crippen molar-refractivity contribution in [3.8, 4) is 0 Å². The van der Waals surface area contributed by atoms with E-state index in [-0.39, 0.29) is 0 Å². The third kappa shape index (κ3) is 4.41. The molecule has 2 aliphatic rings. The first-order valence-electron chi connectivity index (χ1n) is 7.94. The van der Waals surface area contributed by atoms with Gasteiger partial charge in [-0.25, -0.2) is 0 Å². The number of rotatable bonds is 6. The van der Waals surface area contributed by atoms with Crippen molar-refractivity contribution >= 4 is 16.6 Å². The van der Waals surface area contributed by atoms with Crippen LogP contribution in [0, 0.1) is 23.7 Å². The van der Waals surface area contributed by atoms with E-state index in [9.17, 15) is 0 Å². The molecule has 0 N–H and O–H groups in total. The van der Waals surface area contributed by atoms with Crippen LogP contribution in [0.25, 0.3) is 0 Å². The van der Waals surface area contributed by atoms with E-state index in [2.05, 4.69) is 39.3 Å². The monoisotopic (exact) mass is 300 g/mol. The summed E-state index contributed by atoms with van der Waals surface area (Å²) in [5.74, 6) is 3.41. The molecule has 0 amide bonds. The van der Waals surface area contributed by atoms with Gasteiger partial charge in [0.15, 0.2) is 16.6 Å². The Morgan fingerprint density at radius 1 is 0.737 bits per heavy atom. The molecule has 2 aliphatic carbocycles. The van der Waals surface area contributed by atoms with Crippen molar-refractivity contribution in [1.82, 2.24) is 0 Å². The van der Waals surface area contributed by atoms with Gasteiger partial charge in [-0.1, -0.05) is 0 Å². The average Bonchev–Trinajstić information content (AvgIpc) is 2.81. The summed E-state index contributed by atoms with van der Waals surface area (Å²) in [5.41, 5.74) is 0. The Hall–Kier alpha value is 0.354. The van der Waals surface area contributed by atoms with E-state index in [4.69, 9.17) is 8.85 Å². The standard InChI is InChI=1S/C15H32O2Si2/c1-18(2,3)16-10-14-12-7-8-13(9-12)15(14)11-17-19(4,5)6/h12-15H,7-11H2,1-6H3. The van der Waals surface area contributed by atoms with Crippen molar-refractivity contribution in [3.05, 3.63) is 0 Å². The van der Waals surface area contributed by atoms with Crippen LogP contribution >= 0.6 is 0 Å². The highest BCUT2D eigenvalue weighted by atomic mass is 28.4. The quantitative estimate of drug-likeness (QED) is 0.679. The van der Waals surface area contributed by atoms with E-state index in [0.29, 0.717) is 0 Å². The molecule has 0 aromatic heterocycles. The van der Waals surface area contributed by atoms with E-state index >= 15 is 0 Å². The largest absolute Gasteiger partial charge is 0.417 e. The fourth-order valence-corrected chi connectivity index (χ4v) is 5.13. The highest BCUT2D eigenvalue weighted by Gasteiger charge is 2.47. The first-order chi connectivity index (χ1) is 8.66. The highest BCUT2D eigenvalue weighted by molar-refractivity contribution is 6.70. The van der Waals surface area contributed by atoms with Crippen molar-refractivity contribution < 1.29 is 8.85 Å². The smallest absolute Gasteiger partial charge is 0.183 e. The molecule has 0 saturated heterocycles. The van der Waals surface area contributed by atoms with Crippen LogP contribution in [0.1, 0.15) is 19.3 Å². The zero-order chi connectivity index (χ0) is 14.3. The van der Waals surface area contributed by atoms with Gasteiger partial charge < -0.3 is 8.85 Å². The van der Waals surface area contributed by atoms with Crippen LogP contribution in [0.3, 0.4) is 0 Å². The van der Waals surface area contributed by atoms with Crippen LogP contribution < -0.4 is 0 Å². The van der Waals surface area contributed by atoms with E-state index in [0.717, 1.165) is 36.9 Å². The molecule has 2 saturated carbocycles. The van der Waals surface area contributed by atoms with Gasteiger partial charge in [0.2, 0.25) is 0 Å². The zero-order valence-corrected chi connectivity index (χ0v) is 15.7. The predicted octanol–water partition coefficient (Wildman–Crippen LogP) is 4.35. The SMILES string of the molecule is C[Si](C)(C)OCC1C2CCC(C2)C1CO[Si](C)(C)C. The molecule has 0 radical (unpaired) electrons. The maximum Gasteiger partial charge on any atom is 0.183 e. The first-order valence-corrected chi connectivity index (χ1v) is 14.8. The minimum atomic E-state index is -1.37. The molecule has 2 rings (SSSR count). The lowest BCUT2D eigenvalue weighted by molar-refractivity contribution is 0.0916. The molecule has 2 nitrogen and oxygen atoms in total. The molecular weight excluding hydrogens is 268 g/mol. The zero-order valence-electron chi connectivity index (χ0n) is 13.7. The van der Waals surface area contributed by atoms with Crippen molar-refractivity contribution in [3.63, 3.8) is 0 Å². The fourth-order valence-electron chi connectivity index (χ4n) is 3.74. The summed E-state index contributed by atoms with van der Waals surface area (Å²) < 4.78 is 12.4. The molecule has 2 bridgehead atoms. The van der Waals surface area contributed by atoms with E-state index < -0.39 is 16.6 Å². The van der Waals surface area contributed by atoms with Crippen molar-refractivity contribution in [2.45, 2.75) is 58.5 Å². The van der Waals surface area contributed by atoms with Crippen molar-refractivity contribution in [2.75, 3.05) is 13.2 Å². The lowest BCUT2D eigenvalue weighted by Crippen LogP contribution is -2.37. The van der Waals surface area contributed by atoms with Gasteiger partial charge >= 0.3 is 0 Å². The van der Waals surface area contributed by atoms with E-state index in [1.165, 1.54) is 19.3 Å². The highest BCUT2D eigenvalue weighted by Crippen LogP contribution is 2.52. The Bertz CT molecular complexity index is 276. The maximum atomic E-state index is 6.22. The van der Waals surface area contributed by atoms with Crippen LogP contribution in [0.5, 0.6) is 0 Å². The van der Waals surface area contributed by atoms with Gasteiger partial charge in [0.25, 0.3) is 0 Å². The first kappa shape index (κ1) is 15.7. The van der Waals surface area contributed by atoms with Gasteiger partial charge in [0, 0.05) is 13.2 Å². The minimum absolute atomic E-state index is 0.779. The number of fused-ring (bicyclic) bond motifs is 2. The molecule has 4 atom stereocenters. The predicted molar refractivity (Wildman–Crippen MR) is 86.4 cm³/mol.